The van der Waals surface area contributed by atoms with Crippen molar-refractivity contribution in [2.45, 2.75) is 6.42 Å². The normalized spacial score (nSPS) is 13.9. The summed E-state index contributed by atoms with van der Waals surface area (Å²) in [5.41, 5.74) is 0. The van der Waals surface area contributed by atoms with Crippen molar-refractivity contribution in [3.63, 3.8) is 0 Å². The lowest BCUT2D eigenvalue weighted by Crippen LogP contribution is -2.34. The van der Waals surface area contributed by atoms with E-state index < -0.39 is 21.7 Å². The Balaban J connectivity index is 3.91. The summed E-state index contributed by atoms with van der Waals surface area (Å²) in [7, 11) is 0.670. The molecule has 0 bridgehead atoms. The van der Waals surface area contributed by atoms with Crippen molar-refractivity contribution in [2.75, 3.05) is 45.7 Å². The molecule has 0 saturated carbocycles. The Bertz CT molecular complexity index is 327. The second-order valence-electron chi connectivity index (χ2n) is 4.49. The van der Waals surface area contributed by atoms with Crippen LogP contribution in [0.1, 0.15) is 6.42 Å². The van der Waals surface area contributed by atoms with Crippen molar-refractivity contribution in [3.8, 4) is 0 Å². The van der Waals surface area contributed by atoms with Gasteiger partial charge in [0.2, 0.25) is 0 Å². The molecule has 0 fully saturated rings. The molecule has 0 rings (SSSR count). The molecule has 0 aromatic rings. The van der Waals surface area contributed by atoms with Crippen LogP contribution in [0.3, 0.4) is 0 Å². The highest BCUT2D eigenvalue weighted by molar-refractivity contribution is 7.90. The Morgan fingerprint density at radius 3 is 2.41 bits per heavy atom. The van der Waals surface area contributed by atoms with E-state index in [4.69, 9.17) is 5.11 Å². The van der Waals surface area contributed by atoms with E-state index in [9.17, 15) is 13.2 Å². The Morgan fingerprint density at radius 1 is 1.41 bits per heavy atom. The third-order valence-corrected chi connectivity index (χ3v) is 3.21. The lowest BCUT2D eigenvalue weighted by atomic mass is 10.2. The van der Waals surface area contributed by atoms with Gasteiger partial charge in [0.05, 0.1) is 11.7 Å². The molecule has 1 atom stereocenters. The van der Waals surface area contributed by atoms with Gasteiger partial charge in [-0.3, -0.25) is 4.79 Å². The number of carbonyl (C=O) groups is 1. The molecule has 0 radical (unpaired) electrons. The Hall–Kier alpha value is -0.660. The largest absolute Gasteiger partial charge is 0.481 e. The second kappa shape index (κ2) is 7.62. The van der Waals surface area contributed by atoms with Crippen LogP contribution in [0.4, 0.5) is 0 Å². The fraction of sp³-hybridized carbons (Fsp3) is 0.900. The summed E-state index contributed by atoms with van der Waals surface area (Å²) in [5.74, 6) is -2.26. The molecule has 6 nitrogen and oxygen atoms in total. The zero-order chi connectivity index (χ0) is 13.5. The number of carboxylic acids is 1. The smallest absolute Gasteiger partial charge is 0.308 e. The minimum Gasteiger partial charge on any atom is -0.481 e. The molecular formula is C10H22N2O4S. The molecule has 0 aliphatic heterocycles. The maximum Gasteiger partial charge on any atom is 0.308 e. The summed E-state index contributed by atoms with van der Waals surface area (Å²) in [5, 5.41) is 11.8. The number of hydrogen-bond donors (Lipinski definition) is 2. The Morgan fingerprint density at radius 2 is 2.00 bits per heavy atom. The zero-order valence-electron chi connectivity index (χ0n) is 10.6. The fourth-order valence-electron chi connectivity index (χ4n) is 1.38. The van der Waals surface area contributed by atoms with E-state index in [1.807, 2.05) is 19.0 Å². The summed E-state index contributed by atoms with van der Waals surface area (Å²) in [4.78, 5) is 12.9. The molecule has 0 saturated heterocycles. The van der Waals surface area contributed by atoms with E-state index >= 15 is 0 Å². The molecule has 0 amide bonds. The lowest BCUT2D eigenvalue weighted by molar-refractivity contribution is -0.140. The average molecular weight is 266 g/mol. The van der Waals surface area contributed by atoms with E-state index in [2.05, 4.69) is 5.32 Å². The van der Waals surface area contributed by atoms with Gasteiger partial charge >= 0.3 is 5.97 Å². The molecule has 2 N–H and O–H groups in total. The molecule has 0 aromatic heterocycles. The second-order valence-corrected chi connectivity index (χ2v) is 6.67. The number of rotatable bonds is 9. The molecule has 0 aliphatic carbocycles. The maximum absolute atomic E-state index is 11.0. The SMILES string of the molecule is CN(C)CCCNCC(CS(C)(=O)=O)C(=O)O. The first-order valence-electron chi connectivity index (χ1n) is 5.48. The van der Waals surface area contributed by atoms with Crippen molar-refractivity contribution in [1.29, 1.82) is 0 Å². The number of aliphatic carboxylic acids is 1. The number of carboxylic acid groups (broad SMARTS) is 1. The highest BCUT2D eigenvalue weighted by atomic mass is 32.2. The molecule has 0 spiro atoms. The van der Waals surface area contributed by atoms with E-state index in [-0.39, 0.29) is 12.3 Å². The minimum atomic E-state index is -3.25. The third kappa shape index (κ3) is 10.2. The van der Waals surface area contributed by atoms with Crippen LogP contribution in [0, 0.1) is 5.92 Å². The number of sulfone groups is 1. The molecule has 102 valence electrons. The summed E-state index contributed by atoms with van der Waals surface area (Å²) in [6.45, 7) is 1.79. The van der Waals surface area contributed by atoms with Crippen LogP contribution in [0.15, 0.2) is 0 Å². The molecule has 0 aliphatic rings. The van der Waals surface area contributed by atoms with Crippen LogP contribution in [0.25, 0.3) is 0 Å². The molecule has 0 aromatic carbocycles. The minimum absolute atomic E-state index is 0.190. The first-order chi connectivity index (χ1) is 7.72. The van der Waals surface area contributed by atoms with E-state index in [0.717, 1.165) is 19.2 Å². The van der Waals surface area contributed by atoms with Crippen LogP contribution >= 0.6 is 0 Å². The summed E-state index contributed by atoms with van der Waals surface area (Å²) >= 11 is 0. The molecule has 17 heavy (non-hydrogen) atoms. The van der Waals surface area contributed by atoms with Gasteiger partial charge in [0.25, 0.3) is 0 Å². The van der Waals surface area contributed by atoms with Crippen LogP contribution in [-0.2, 0) is 14.6 Å². The summed E-state index contributed by atoms with van der Waals surface area (Å²) < 4.78 is 22.1. The topological polar surface area (TPSA) is 86.7 Å². The predicted molar refractivity (Wildman–Crippen MR) is 66.9 cm³/mol. The quantitative estimate of drug-likeness (QED) is 0.535. The van der Waals surface area contributed by atoms with Crippen molar-refractivity contribution < 1.29 is 18.3 Å². The van der Waals surface area contributed by atoms with Gasteiger partial charge in [-0.25, -0.2) is 8.42 Å². The molecular weight excluding hydrogens is 244 g/mol. The standard InChI is InChI=1S/C10H22N2O4S/c1-12(2)6-4-5-11-7-9(10(13)14)8-17(3,15)16/h9,11H,4-8H2,1-3H3,(H,13,14). The lowest BCUT2D eigenvalue weighted by Gasteiger charge is -2.13. The highest BCUT2D eigenvalue weighted by Crippen LogP contribution is 2.00. The van der Waals surface area contributed by atoms with Gasteiger partial charge in [-0.1, -0.05) is 0 Å². The van der Waals surface area contributed by atoms with Crippen molar-refractivity contribution in [3.05, 3.63) is 0 Å². The zero-order valence-corrected chi connectivity index (χ0v) is 11.5. The van der Waals surface area contributed by atoms with Crippen LogP contribution in [0.2, 0.25) is 0 Å². The van der Waals surface area contributed by atoms with Gasteiger partial charge in [-0.15, -0.1) is 0 Å². The fourth-order valence-corrected chi connectivity index (χ4v) is 2.37. The van der Waals surface area contributed by atoms with Gasteiger partial charge < -0.3 is 15.3 Å². The summed E-state index contributed by atoms with van der Waals surface area (Å²) in [6.07, 6.45) is 1.95. The van der Waals surface area contributed by atoms with Gasteiger partial charge in [0.15, 0.2) is 0 Å². The van der Waals surface area contributed by atoms with E-state index in [1.54, 1.807) is 0 Å². The number of nitrogens with one attached hydrogen (secondary N) is 1. The Kier molecular flexibility index (Phi) is 7.33. The van der Waals surface area contributed by atoms with Crippen molar-refractivity contribution in [2.24, 2.45) is 5.92 Å². The summed E-state index contributed by atoms with van der Waals surface area (Å²) in [6, 6.07) is 0. The van der Waals surface area contributed by atoms with Gasteiger partial charge in [0, 0.05) is 12.8 Å². The predicted octanol–water partition coefficient (Wildman–Crippen LogP) is -0.727. The monoisotopic (exact) mass is 266 g/mol. The average Bonchev–Trinajstić information content (AvgIpc) is 2.12. The Labute approximate surface area is 103 Å². The van der Waals surface area contributed by atoms with E-state index in [1.165, 1.54) is 0 Å². The first kappa shape index (κ1) is 16.3. The maximum atomic E-state index is 11.0. The molecule has 1 unspecified atom stereocenters. The van der Waals surface area contributed by atoms with Crippen LogP contribution < -0.4 is 5.32 Å². The van der Waals surface area contributed by atoms with Gasteiger partial charge in [-0.05, 0) is 33.6 Å². The van der Waals surface area contributed by atoms with Crippen molar-refractivity contribution >= 4 is 15.8 Å². The van der Waals surface area contributed by atoms with Crippen LogP contribution in [0.5, 0.6) is 0 Å². The first-order valence-corrected chi connectivity index (χ1v) is 7.54. The van der Waals surface area contributed by atoms with Gasteiger partial charge in [-0.2, -0.15) is 0 Å². The van der Waals surface area contributed by atoms with Crippen LogP contribution in [-0.4, -0.2) is 70.1 Å². The number of hydrogen-bond acceptors (Lipinski definition) is 5. The van der Waals surface area contributed by atoms with Crippen molar-refractivity contribution in [1.82, 2.24) is 10.2 Å². The van der Waals surface area contributed by atoms with Gasteiger partial charge in [0.1, 0.15) is 9.84 Å². The van der Waals surface area contributed by atoms with E-state index in [0.29, 0.717) is 6.54 Å². The number of nitrogens with zero attached hydrogens (tertiary/aromatic N) is 1. The molecule has 7 heteroatoms. The highest BCUT2D eigenvalue weighted by Gasteiger charge is 2.21. The third-order valence-electron chi connectivity index (χ3n) is 2.20. The molecule has 0 heterocycles.